The van der Waals surface area contributed by atoms with Crippen molar-refractivity contribution < 1.29 is 47.5 Å². The number of carbonyl (C=O) groups is 3. The maximum absolute atomic E-state index is 12.6. The van der Waals surface area contributed by atoms with Crippen LogP contribution in [0, 0.1) is 0 Å². The molecule has 11 nitrogen and oxygen atoms in total. The van der Waals surface area contributed by atoms with Crippen molar-refractivity contribution in [2.24, 2.45) is 5.73 Å². The molecule has 0 bridgehead atoms. The smallest absolute Gasteiger partial charge is 0.472 e. The second-order valence-electron chi connectivity index (χ2n) is 14.4. The zero-order valence-corrected chi connectivity index (χ0v) is 36.8. The normalized spacial score (nSPS) is 14.4. The molecular weight excluding hydrogens is 757 g/mol. The highest BCUT2D eigenvalue weighted by Crippen LogP contribution is 2.43. The Morgan fingerprint density at radius 3 is 1.45 bits per heavy atom. The molecule has 0 spiro atoms. The summed E-state index contributed by atoms with van der Waals surface area (Å²) in [6.07, 6.45) is 48.2. The van der Waals surface area contributed by atoms with Crippen LogP contribution in [-0.2, 0) is 37.5 Å². The van der Waals surface area contributed by atoms with E-state index in [-0.39, 0.29) is 19.4 Å². The number of esters is 2. The number of phosphoric acid groups is 1. The van der Waals surface area contributed by atoms with Gasteiger partial charge in [0.15, 0.2) is 6.10 Å². The van der Waals surface area contributed by atoms with E-state index in [2.05, 4.69) is 91.3 Å². The van der Waals surface area contributed by atoms with Crippen molar-refractivity contribution in [1.82, 2.24) is 0 Å². The van der Waals surface area contributed by atoms with Crippen LogP contribution in [0.2, 0.25) is 0 Å². The molecule has 0 aliphatic rings. The van der Waals surface area contributed by atoms with Crippen LogP contribution < -0.4 is 5.73 Å². The third-order valence-electron chi connectivity index (χ3n) is 8.92. The SMILES string of the molecule is CC/C=C\C/C=C\C/C=C\C/C=C\CCCCCCCCCCC(=O)OC(COC(=O)CCCCCCC/C=C\C/C=C\CCC)COP(=O)(O)OCC(N)C(=O)O. The zero-order valence-electron chi connectivity index (χ0n) is 35.9. The van der Waals surface area contributed by atoms with Crippen molar-refractivity contribution in [2.45, 2.75) is 180 Å². The Morgan fingerprint density at radius 2 is 0.966 bits per heavy atom. The number of carbonyl (C=O) groups excluding carboxylic acids is 2. The first kappa shape index (κ1) is 54.9. The van der Waals surface area contributed by atoms with Crippen LogP contribution in [0.1, 0.15) is 168 Å². The van der Waals surface area contributed by atoms with Crippen LogP contribution in [0.15, 0.2) is 72.9 Å². The Bertz CT molecular complexity index is 1260. The topological polar surface area (TPSA) is 172 Å². The number of nitrogens with two attached hydrogens (primary N) is 1. The number of allylic oxidation sites excluding steroid dienone is 12. The van der Waals surface area contributed by atoms with Crippen molar-refractivity contribution >= 4 is 25.7 Å². The highest BCUT2D eigenvalue weighted by molar-refractivity contribution is 7.47. The summed E-state index contributed by atoms with van der Waals surface area (Å²) in [5.41, 5.74) is 5.33. The van der Waals surface area contributed by atoms with E-state index >= 15 is 0 Å². The summed E-state index contributed by atoms with van der Waals surface area (Å²) in [4.78, 5) is 46.0. The molecule has 3 atom stereocenters. The minimum absolute atomic E-state index is 0.145. The molecule has 0 heterocycles. The molecule has 0 aliphatic heterocycles. The van der Waals surface area contributed by atoms with Crippen LogP contribution >= 0.6 is 7.82 Å². The summed E-state index contributed by atoms with van der Waals surface area (Å²) >= 11 is 0. The van der Waals surface area contributed by atoms with E-state index in [9.17, 15) is 23.8 Å². The standard InChI is InChI=1S/C46H78NO10P/c1-3-5-7-9-11-13-15-17-18-19-20-21-22-23-24-26-28-30-32-34-36-38-45(49)57-42(40-55-58(52,53)56-41-43(47)46(50)51)39-54-44(48)37-35-33-31-29-27-25-16-14-12-10-8-6-4-2/h5,7-8,10-11,13-14,16-18,20-21,42-43H,3-4,6,9,12,15,19,22-41,47H2,1-2H3,(H,50,51)(H,52,53)/b7-5-,10-8-,13-11-,16-14-,18-17-,21-20-. The first-order chi connectivity index (χ1) is 28.1. The molecule has 4 N–H and O–H groups in total. The molecule has 0 aromatic carbocycles. The number of carboxylic acid groups (broad SMARTS) is 1. The van der Waals surface area contributed by atoms with Gasteiger partial charge in [-0.3, -0.25) is 23.4 Å². The number of phosphoric ester groups is 1. The van der Waals surface area contributed by atoms with Gasteiger partial charge in [0.25, 0.3) is 0 Å². The summed E-state index contributed by atoms with van der Waals surface area (Å²) in [5.74, 6) is -2.42. The van der Waals surface area contributed by atoms with Gasteiger partial charge in [0.2, 0.25) is 0 Å². The molecule has 0 radical (unpaired) electrons. The maximum Gasteiger partial charge on any atom is 0.472 e. The lowest BCUT2D eigenvalue weighted by Gasteiger charge is -2.20. The number of hydrogen-bond acceptors (Lipinski definition) is 9. The Kier molecular flexibility index (Phi) is 38.5. The summed E-state index contributed by atoms with van der Waals surface area (Å²) < 4.78 is 32.7. The highest BCUT2D eigenvalue weighted by Gasteiger charge is 2.28. The first-order valence-corrected chi connectivity index (χ1v) is 23.5. The third kappa shape index (κ3) is 39.7. The van der Waals surface area contributed by atoms with Gasteiger partial charge in [-0.1, -0.05) is 151 Å². The molecule has 0 saturated carbocycles. The van der Waals surface area contributed by atoms with E-state index in [0.717, 1.165) is 103 Å². The van der Waals surface area contributed by atoms with Crippen molar-refractivity contribution in [1.29, 1.82) is 0 Å². The second-order valence-corrected chi connectivity index (χ2v) is 15.9. The van der Waals surface area contributed by atoms with Crippen molar-refractivity contribution in [3.05, 3.63) is 72.9 Å². The minimum Gasteiger partial charge on any atom is -0.480 e. The molecule has 332 valence electrons. The monoisotopic (exact) mass is 836 g/mol. The van der Waals surface area contributed by atoms with E-state index < -0.39 is 51.1 Å². The summed E-state index contributed by atoms with van der Waals surface area (Å²) in [5, 5.41) is 8.89. The van der Waals surface area contributed by atoms with Gasteiger partial charge in [-0.2, -0.15) is 0 Å². The average molecular weight is 836 g/mol. The maximum atomic E-state index is 12.6. The fourth-order valence-electron chi connectivity index (χ4n) is 5.50. The molecule has 0 fully saturated rings. The Hall–Kier alpha value is -3.08. The number of unbranched alkanes of at least 4 members (excludes halogenated alkanes) is 14. The predicted molar refractivity (Wildman–Crippen MR) is 235 cm³/mol. The van der Waals surface area contributed by atoms with E-state index in [4.69, 9.17) is 24.8 Å². The van der Waals surface area contributed by atoms with E-state index in [1.165, 1.54) is 25.7 Å². The molecule has 0 saturated heterocycles. The number of ether oxygens (including phenoxy) is 2. The van der Waals surface area contributed by atoms with Gasteiger partial charge in [0.05, 0.1) is 13.2 Å². The summed E-state index contributed by atoms with van der Waals surface area (Å²) in [6.45, 7) is 2.59. The minimum atomic E-state index is -4.73. The molecule has 0 amide bonds. The summed E-state index contributed by atoms with van der Waals surface area (Å²) in [7, 11) is -4.73. The van der Waals surface area contributed by atoms with Crippen molar-refractivity contribution in [3.8, 4) is 0 Å². The van der Waals surface area contributed by atoms with Gasteiger partial charge in [-0.25, -0.2) is 4.57 Å². The second kappa shape index (κ2) is 40.7. The van der Waals surface area contributed by atoms with Crippen molar-refractivity contribution in [3.63, 3.8) is 0 Å². The number of hydrogen-bond donors (Lipinski definition) is 3. The molecule has 0 aromatic heterocycles. The number of carboxylic acids is 1. The van der Waals surface area contributed by atoms with Gasteiger partial charge in [-0.15, -0.1) is 0 Å². The lowest BCUT2D eigenvalue weighted by molar-refractivity contribution is -0.161. The molecule has 0 rings (SSSR count). The van der Waals surface area contributed by atoms with Gasteiger partial charge < -0.3 is 25.2 Å². The van der Waals surface area contributed by atoms with Crippen LogP contribution in [-0.4, -0.2) is 59.9 Å². The van der Waals surface area contributed by atoms with Crippen molar-refractivity contribution in [2.75, 3.05) is 19.8 Å². The number of aliphatic carboxylic acids is 1. The summed E-state index contributed by atoms with van der Waals surface area (Å²) in [6, 6.07) is -1.53. The van der Waals surface area contributed by atoms with Gasteiger partial charge in [0, 0.05) is 12.8 Å². The van der Waals surface area contributed by atoms with Crippen LogP contribution in [0.4, 0.5) is 0 Å². The third-order valence-corrected chi connectivity index (χ3v) is 9.87. The molecular formula is C46H78NO10P. The van der Waals surface area contributed by atoms with E-state index in [0.29, 0.717) is 12.8 Å². The molecule has 12 heteroatoms. The van der Waals surface area contributed by atoms with Crippen LogP contribution in [0.3, 0.4) is 0 Å². The molecule has 3 unspecified atom stereocenters. The average Bonchev–Trinajstić information content (AvgIpc) is 3.20. The molecule has 58 heavy (non-hydrogen) atoms. The fourth-order valence-corrected chi connectivity index (χ4v) is 6.28. The Labute approximate surface area is 350 Å². The molecule has 0 aromatic rings. The number of rotatable bonds is 40. The predicted octanol–water partition coefficient (Wildman–Crippen LogP) is 11.7. The first-order valence-electron chi connectivity index (χ1n) is 22.0. The van der Waals surface area contributed by atoms with Gasteiger partial charge >= 0.3 is 25.7 Å². The quantitative estimate of drug-likeness (QED) is 0.0232. The Morgan fingerprint density at radius 1 is 0.552 bits per heavy atom. The van der Waals surface area contributed by atoms with E-state index in [1.807, 2.05) is 0 Å². The largest absolute Gasteiger partial charge is 0.480 e. The lowest BCUT2D eigenvalue weighted by Crippen LogP contribution is -2.34. The highest BCUT2D eigenvalue weighted by atomic mass is 31.2. The van der Waals surface area contributed by atoms with Gasteiger partial charge in [-0.05, 0) is 77.0 Å². The fraction of sp³-hybridized carbons (Fsp3) is 0.674. The Balaban J connectivity index is 4.36. The van der Waals surface area contributed by atoms with Gasteiger partial charge in [0.1, 0.15) is 12.6 Å². The molecule has 0 aliphatic carbocycles. The van der Waals surface area contributed by atoms with E-state index in [1.54, 1.807) is 0 Å². The van der Waals surface area contributed by atoms with Crippen LogP contribution in [0.5, 0.6) is 0 Å². The zero-order chi connectivity index (χ0) is 42.8. The van der Waals surface area contributed by atoms with Crippen LogP contribution in [0.25, 0.3) is 0 Å². The lowest BCUT2D eigenvalue weighted by atomic mass is 10.1.